The zero-order chi connectivity index (χ0) is 15.8. The largest absolute Gasteiger partial charge is 0.451 e. The molecule has 1 heterocycles. The zero-order valence-electron chi connectivity index (χ0n) is 11.7. The van der Waals surface area contributed by atoms with Crippen LogP contribution in [-0.4, -0.2) is 9.97 Å². The summed E-state index contributed by atoms with van der Waals surface area (Å²) >= 11 is 0. The molecule has 112 valence electrons. The molecule has 0 fully saturated rings. The summed E-state index contributed by atoms with van der Waals surface area (Å²) in [6.07, 6.45) is -4.68. The van der Waals surface area contributed by atoms with Crippen LogP contribution >= 0.6 is 0 Å². The minimum Gasteiger partial charge on any atom is -0.438 e. The first-order valence-electron chi connectivity index (χ1n) is 6.15. The van der Waals surface area contributed by atoms with Gasteiger partial charge in [0.15, 0.2) is 0 Å². The zero-order valence-corrected chi connectivity index (χ0v) is 11.7. The number of nitrogens with zero attached hydrogens (tertiary/aromatic N) is 2. The molecule has 7 heteroatoms. The van der Waals surface area contributed by atoms with Crippen molar-refractivity contribution in [1.29, 1.82) is 0 Å². The third-order valence-electron chi connectivity index (χ3n) is 3.06. The highest BCUT2D eigenvalue weighted by molar-refractivity contribution is 5.47. The maximum Gasteiger partial charge on any atom is 0.451 e. The van der Waals surface area contributed by atoms with Gasteiger partial charge in [-0.2, -0.15) is 18.2 Å². The molecule has 0 saturated carbocycles. The van der Waals surface area contributed by atoms with Gasteiger partial charge in [-0.3, -0.25) is 0 Å². The van der Waals surface area contributed by atoms with E-state index in [1.54, 1.807) is 6.92 Å². The Morgan fingerprint density at radius 2 is 1.67 bits per heavy atom. The molecule has 4 nitrogen and oxygen atoms in total. The van der Waals surface area contributed by atoms with E-state index in [1.165, 1.54) is 0 Å². The fourth-order valence-corrected chi connectivity index (χ4v) is 1.81. The van der Waals surface area contributed by atoms with Crippen molar-refractivity contribution >= 4 is 5.82 Å². The molecule has 0 bridgehead atoms. The number of hydrogen-bond acceptors (Lipinski definition) is 4. The van der Waals surface area contributed by atoms with Gasteiger partial charge in [0.1, 0.15) is 11.6 Å². The van der Waals surface area contributed by atoms with E-state index in [1.807, 2.05) is 26.0 Å². The predicted octanol–water partition coefficient (Wildman–Crippen LogP) is 3.80. The standard InChI is InChI=1S/C14H14F3N3O/c1-7-4-5-8(2)12(9(7)3)21-11-6-10(18)19-13(20-11)14(15,16)17/h4-6H,1-3H3,(H2,18,19,20). The van der Waals surface area contributed by atoms with Gasteiger partial charge in [-0.05, 0) is 37.5 Å². The maximum atomic E-state index is 12.7. The Balaban J connectivity index is 2.46. The average Bonchev–Trinajstić information content (AvgIpc) is 2.38. The van der Waals surface area contributed by atoms with Crippen molar-refractivity contribution in [3.05, 3.63) is 40.7 Å². The van der Waals surface area contributed by atoms with Crippen molar-refractivity contribution < 1.29 is 17.9 Å². The van der Waals surface area contributed by atoms with Gasteiger partial charge in [0, 0.05) is 6.07 Å². The van der Waals surface area contributed by atoms with Gasteiger partial charge >= 0.3 is 6.18 Å². The lowest BCUT2D eigenvalue weighted by Crippen LogP contribution is -2.13. The van der Waals surface area contributed by atoms with Gasteiger partial charge in [-0.25, -0.2) is 4.98 Å². The van der Waals surface area contributed by atoms with Crippen LogP contribution in [0.1, 0.15) is 22.5 Å². The smallest absolute Gasteiger partial charge is 0.438 e. The number of nitrogens with two attached hydrogens (primary N) is 1. The Morgan fingerprint density at radius 3 is 2.29 bits per heavy atom. The van der Waals surface area contributed by atoms with E-state index in [0.29, 0.717) is 5.75 Å². The van der Waals surface area contributed by atoms with Gasteiger partial charge < -0.3 is 10.5 Å². The molecule has 0 saturated heterocycles. The normalized spacial score (nSPS) is 11.5. The lowest BCUT2D eigenvalue weighted by molar-refractivity contribution is -0.145. The summed E-state index contributed by atoms with van der Waals surface area (Å²) in [6.45, 7) is 5.51. The number of nitrogen functional groups attached to an aromatic ring is 1. The second kappa shape index (κ2) is 5.23. The van der Waals surface area contributed by atoms with E-state index in [9.17, 15) is 13.2 Å². The lowest BCUT2D eigenvalue weighted by atomic mass is 10.1. The molecule has 0 spiro atoms. The third-order valence-corrected chi connectivity index (χ3v) is 3.06. The number of ether oxygens (including phenoxy) is 1. The van der Waals surface area contributed by atoms with Gasteiger partial charge in [0.05, 0.1) is 0 Å². The van der Waals surface area contributed by atoms with Crippen LogP contribution in [-0.2, 0) is 6.18 Å². The van der Waals surface area contributed by atoms with E-state index >= 15 is 0 Å². The molecular formula is C14H14F3N3O. The molecule has 0 aliphatic heterocycles. The molecule has 0 radical (unpaired) electrons. The molecule has 2 rings (SSSR count). The predicted molar refractivity (Wildman–Crippen MR) is 72.2 cm³/mol. The molecule has 0 amide bonds. The van der Waals surface area contributed by atoms with E-state index in [4.69, 9.17) is 10.5 Å². The summed E-state index contributed by atoms with van der Waals surface area (Å²) in [5.41, 5.74) is 7.98. The molecular weight excluding hydrogens is 283 g/mol. The van der Waals surface area contributed by atoms with Crippen LogP contribution in [0, 0.1) is 20.8 Å². The monoisotopic (exact) mass is 297 g/mol. The summed E-state index contributed by atoms with van der Waals surface area (Å²) in [5.74, 6) is -1.37. The van der Waals surface area contributed by atoms with Crippen molar-refractivity contribution in [1.82, 2.24) is 9.97 Å². The summed E-state index contributed by atoms with van der Waals surface area (Å²) < 4.78 is 43.5. The SMILES string of the molecule is Cc1ccc(C)c(Oc2cc(N)nc(C(F)(F)F)n2)c1C. The Labute approximate surface area is 119 Å². The number of halogens is 3. The fourth-order valence-electron chi connectivity index (χ4n) is 1.81. The van der Waals surface area contributed by atoms with Gasteiger partial charge in [-0.1, -0.05) is 12.1 Å². The van der Waals surface area contributed by atoms with E-state index < -0.39 is 12.0 Å². The van der Waals surface area contributed by atoms with Crippen molar-refractivity contribution in [2.75, 3.05) is 5.73 Å². The minimum absolute atomic E-state index is 0.230. The maximum absolute atomic E-state index is 12.7. The summed E-state index contributed by atoms with van der Waals surface area (Å²) in [7, 11) is 0. The number of benzene rings is 1. The number of anilines is 1. The molecule has 0 aliphatic rings. The number of aryl methyl sites for hydroxylation is 2. The third kappa shape index (κ3) is 3.24. The van der Waals surface area contributed by atoms with Gasteiger partial charge in [0.2, 0.25) is 11.7 Å². The number of hydrogen-bond donors (Lipinski definition) is 1. The number of rotatable bonds is 2. The van der Waals surface area contributed by atoms with E-state index in [2.05, 4.69) is 9.97 Å². The second-order valence-electron chi connectivity index (χ2n) is 4.71. The molecule has 2 N–H and O–H groups in total. The molecule has 21 heavy (non-hydrogen) atoms. The average molecular weight is 297 g/mol. The minimum atomic E-state index is -4.68. The number of aromatic nitrogens is 2. The highest BCUT2D eigenvalue weighted by atomic mass is 19.4. The summed E-state index contributed by atoms with van der Waals surface area (Å²) in [6, 6.07) is 4.90. The molecule has 0 unspecified atom stereocenters. The highest BCUT2D eigenvalue weighted by Gasteiger charge is 2.35. The van der Waals surface area contributed by atoms with Crippen molar-refractivity contribution in [3.63, 3.8) is 0 Å². The van der Waals surface area contributed by atoms with Crippen molar-refractivity contribution in [2.24, 2.45) is 0 Å². The molecule has 1 aromatic heterocycles. The van der Waals surface area contributed by atoms with Crippen molar-refractivity contribution in [2.45, 2.75) is 26.9 Å². The molecule has 1 aromatic carbocycles. The summed E-state index contributed by atoms with van der Waals surface area (Å²) in [4.78, 5) is 6.54. The van der Waals surface area contributed by atoms with Gasteiger partial charge in [-0.15, -0.1) is 0 Å². The first-order chi connectivity index (χ1) is 9.68. The summed E-state index contributed by atoms with van der Waals surface area (Å²) in [5, 5.41) is 0. The quantitative estimate of drug-likeness (QED) is 0.916. The Kier molecular flexibility index (Phi) is 3.76. The molecule has 0 aliphatic carbocycles. The molecule has 0 atom stereocenters. The Bertz CT molecular complexity index is 684. The van der Waals surface area contributed by atoms with Gasteiger partial charge in [0.25, 0.3) is 0 Å². The van der Waals surface area contributed by atoms with Crippen LogP contribution in [0.15, 0.2) is 18.2 Å². The second-order valence-corrected chi connectivity index (χ2v) is 4.71. The van der Waals surface area contributed by atoms with Crippen LogP contribution in [0.5, 0.6) is 11.6 Å². The Hall–Kier alpha value is -2.31. The van der Waals surface area contributed by atoms with E-state index in [0.717, 1.165) is 22.8 Å². The first kappa shape index (κ1) is 15.1. The van der Waals surface area contributed by atoms with Crippen LogP contribution in [0.2, 0.25) is 0 Å². The highest BCUT2D eigenvalue weighted by Crippen LogP contribution is 2.32. The Morgan fingerprint density at radius 1 is 1.05 bits per heavy atom. The van der Waals surface area contributed by atoms with Crippen molar-refractivity contribution in [3.8, 4) is 11.6 Å². The molecule has 2 aromatic rings. The van der Waals surface area contributed by atoms with E-state index in [-0.39, 0.29) is 11.7 Å². The fraction of sp³-hybridized carbons (Fsp3) is 0.286. The topological polar surface area (TPSA) is 61.0 Å². The van der Waals surface area contributed by atoms with Crippen LogP contribution in [0.25, 0.3) is 0 Å². The first-order valence-corrected chi connectivity index (χ1v) is 6.15. The van der Waals surface area contributed by atoms with Crippen LogP contribution in [0.4, 0.5) is 19.0 Å². The van der Waals surface area contributed by atoms with Crippen LogP contribution in [0.3, 0.4) is 0 Å². The van der Waals surface area contributed by atoms with Crippen LogP contribution < -0.4 is 10.5 Å². The lowest BCUT2D eigenvalue weighted by Gasteiger charge is -2.14. The number of alkyl halides is 3.